The van der Waals surface area contributed by atoms with Gasteiger partial charge in [0, 0.05) is 5.56 Å². The first-order valence-electron chi connectivity index (χ1n) is 5.43. The van der Waals surface area contributed by atoms with E-state index >= 15 is 0 Å². The summed E-state index contributed by atoms with van der Waals surface area (Å²) in [4.78, 5) is 0. The average Bonchev–Trinajstić information content (AvgIpc) is 2.34. The molecule has 0 spiro atoms. The van der Waals surface area contributed by atoms with E-state index in [1.165, 1.54) is 6.07 Å². The second kappa shape index (κ2) is 4.80. The Labute approximate surface area is 100 Å². The molecule has 2 aromatic rings. The van der Waals surface area contributed by atoms with Crippen molar-refractivity contribution in [2.24, 2.45) is 0 Å². The minimum absolute atomic E-state index is 0.331. The predicted octanol–water partition coefficient (Wildman–Crippen LogP) is 3.79. The molecule has 2 rings (SSSR count). The highest BCUT2D eigenvalue weighted by Gasteiger charge is 2.18. The lowest BCUT2D eigenvalue weighted by molar-refractivity contribution is 0.609. The van der Waals surface area contributed by atoms with Gasteiger partial charge in [0.2, 0.25) is 0 Å². The Bertz CT molecular complexity index is 524. The summed E-state index contributed by atoms with van der Waals surface area (Å²) in [6.45, 7) is 1.93. The van der Waals surface area contributed by atoms with Crippen LogP contribution in [0.15, 0.2) is 48.5 Å². The smallest absolute Gasteiger partial charge is 0.128 e. The van der Waals surface area contributed by atoms with Gasteiger partial charge in [-0.05, 0) is 24.1 Å². The quantitative estimate of drug-likeness (QED) is 0.762. The topological polar surface area (TPSA) is 23.8 Å². The monoisotopic (exact) mass is 225 g/mol. The van der Waals surface area contributed by atoms with Crippen molar-refractivity contribution in [2.45, 2.75) is 12.8 Å². The zero-order valence-electron chi connectivity index (χ0n) is 9.52. The molecule has 0 N–H and O–H groups in total. The maximum atomic E-state index is 13.7. The van der Waals surface area contributed by atoms with Crippen LogP contribution in [0.5, 0.6) is 0 Å². The van der Waals surface area contributed by atoms with Gasteiger partial charge >= 0.3 is 0 Å². The highest BCUT2D eigenvalue weighted by Crippen LogP contribution is 2.28. The van der Waals surface area contributed by atoms with Crippen molar-refractivity contribution in [3.8, 4) is 6.07 Å². The minimum Gasteiger partial charge on any atom is -0.207 e. The summed E-state index contributed by atoms with van der Waals surface area (Å²) in [5.41, 5.74) is 2.30. The van der Waals surface area contributed by atoms with Gasteiger partial charge < -0.3 is 0 Å². The number of halogens is 1. The van der Waals surface area contributed by atoms with Gasteiger partial charge in [0.05, 0.1) is 12.0 Å². The molecule has 0 radical (unpaired) electrons. The van der Waals surface area contributed by atoms with Crippen molar-refractivity contribution in [3.05, 3.63) is 71.0 Å². The van der Waals surface area contributed by atoms with Crippen molar-refractivity contribution in [1.82, 2.24) is 0 Å². The van der Waals surface area contributed by atoms with Crippen LogP contribution in [0, 0.1) is 24.1 Å². The van der Waals surface area contributed by atoms with E-state index in [1.54, 1.807) is 18.2 Å². The van der Waals surface area contributed by atoms with E-state index < -0.39 is 5.92 Å². The Morgan fingerprint density at radius 2 is 1.59 bits per heavy atom. The van der Waals surface area contributed by atoms with E-state index in [0.29, 0.717) is 5.56 Å². The number of aryl methyl sites for hydroxylation is 1. The molecular formula is C15H12FN. The van der Waals surface area contributed by atoms with Crippen LogP contribution >= 0.6 is 0 Å². The third-order valence-electron chi connectivity index (χ3n) is 2.84. The molecule has 0 aromatic heterocycles. The molecule has 0 fully saturated rings. The van der Waals surface area contributed by atoms with Crippen LogP contribution in [0.2, 0.25) is 0 Å². The Kier molecular flexibility index (Phi) is 3.20. The normalized spacial score (nSPS) is 11.8. The molecule has 1 atom stereocenters. The summed E-state index contributed by atoms with van der Waals surface area (Å²) in [5.74, 6) is -0.875. The molecular weight excluding hydrogens is 213 g/mol. The van der Waals surface area contributed by atoms with Crippen LogP contribution in [0.3, 0.4) is 0 Å². The van der Waals surface area contributed by atoms with Crippen molar-refractivity contribution in [3.63, 3.8) is 0 Å². The summed E-state index contributed by atoms with van der Waals surface area (Å²) < 4.78 is 13.7. The lowest BCUT2D eigenvalue weighted by Crippen LogP contribution is -2.02. The Morgan fingerprint density at radius 3 is 2.18 bits per heavy atom. The Balaban J connectivity index is 2.53. The van der Waals surface area contributed by atoms with Gasteiger partial charge in [0.25, 0.3) is 0 Å². The molecule has 0 aliphatic rings. The zero-order chi connectivity index (χ0) is 12.3. The highest BCUT2D eigenvalue weighted by molar-refractivity contribution is 5.42. The maximum absolute atomic E-state index is 13.7. The minimum atomic E-state index is -0.544. The largest absolute Gasteiger partial charge is 0.207 e. The number of nitriles is 1. The van der Waals surface area contributed by atoms with Gasteiger partial charge in [0.1, 0.15) is 5.82 Å². The van der Waals surface area contributed by atoms with Gasteiger partial charge in [-0.3, -0.25) is 0 Å². The van der Waals surface area contributed by atoms with Crippen LogP contribution in [0.4, 0.5) is 4.39 Å². The van der Waals surface area contributed by atoms with Crippen LogP contribution in [0.25, 0.3) is 0 Å². The summed E-state index contributed by atoms with van der Waals surface area (Å²) in [7, 11) is 0. The Morgan fingerprint density at radius 1 is 1.00 bits per heavy atom. The van der Waals surface area contributed by atoms with E-state index in [0.717, 1.165) is 11.1 Å². The average molecular weight is 225 g/mol. The molecule has 84 valence electrons. The summed E-state index contributed by atoms with van der Waals surface area (Å²) >= 11 is 0. The Hall–Kier alpha value is -2.14. The van der Waals surface area contributed by atoms with Crippen LogP contribution in [-0.2, 0) is 0 Å². The fraction of sp³-hybridized carbons (Fsp3) is 0.133. The second-order valence-electron chi connectivity index (χ2n) is 3.94. The molecule has 1 unspecified atom stereocenters. The number of nitrogens with zero attached hydrogens (tertiary/aromatic N) is 1. The number of hydrogen-bond acceptors (Lipinski definition) is 1. The molecule has 0 aliphatic carbocycles. The van der Waals surface area contributed by atoms with Crippen molar-refractivity contribution < 1.29 is 4.39 Å². The molecule has 17 heavy (non-hydrogen) atoms. The van der Waals surface area contributed by atoms with Crippen molar-refractivity contribution in [1.29, 1.82) is 5.26 Å². The standard InChI is InChI=1S/C15H12FN/c1-11-6-2-3-7-12(11)14(10-17)13-8-4-5-9-15(13)16/h2-9,14H,1H3. The summed E-state index contributed by atoms with van der Waals surface area (Å²) in [6, 6.07) is 16.2. The van der Waals surface area contributed by atoms with Gasteiger partial charge in [-0.25, -0.2) is 4.39 Å². The van der Waals surface area contributed by atoms with Crippen LogP contribution in [0.1, 0.15) is 22.6 Å². The fourth-order valence-corrected chi connectivity index (χ4v) is 1.93. The number of benzene rings is 2. The van der Waals surface area contributed by atoms with E-state index in [2.05, 4.69) is 6.07 Å². The van der Waals surface area contributed by atoms with Crippen LogP contribution < -0.4 is 0 Å². The summed E-state index contributed by atoms with van der Waals surface area (Å²) in [5, 5.41) is 9.27. The lowest BCUT2D eigenvalue weighted by atomic mass is 9.89. The van der Waals surface area contributed by atoms with Gasteiger partial charge in [-0.15, -0.1) is 0 Å². The predicted molar refractivity (Wildman–Crippen MR) is 65.0 cm³/mol. The number of hydrogen-bond donors (Lipinski definition) is 0. The van der Waals surface area contributed by atoms with Gasteiger partial charge in [-0.1, -0.05) is 42.5 Å². The molecule has 2 heteroatoms. The molecule has 0 saturated heterocycles. The number of rotatable bonds is 2. The third-order valence-corrected chi connectivity index (χ3v) is 2.84. The molecule has 0 bridgehead atoms. The first-order valence-corrected chi connectivity index (χ1v) is 5.43. The van der Waals surface area contributed by atoms with E-state index in [4.69, 9.17) is 0 Å². The molecule has 0 amide bonds. The summed E-state index contributed by atoms with van der Waals surface area (Å²) in [6.07, 6.45) is 0. The third kappa shape index (κ3) is 2.19. The zero-order valence-corrected chi connectivity index (χ0v) is 9.52. The van der Waals surface area contributed by atoms with E-state index in [9.17, 15) is 9.65 Å². The van der Waals surface area contributed by atoms with E-state index in [-0.39, 0.29) is 5.82 Å². The fourth-order valence-electron chi connectivity index (χ4n) is 1.93. The van der Waals surface area contributed by atoms with Gasteiger partial charge in [0.15, 0.2) is 0 Å². The maximum Gasteiger partial charge on any atom is 0.128 e. The molecule has 1 nitrogen and oxygen atoms in total. The van der Waals surface area contributed by atoms with Crippen LogP contribution in [-0.4, -0.2) is 0 Å². The van der Waals surface area contributed by atoms with E-state index in [1.807, 2.05) is 31.2 Å². The molecule has 0 aliphatic heterocycles. The SMILES string of the molecule is Cc1ccccc1C(C#N)c1ccccc1F. The molecule has 0 saturated carbocycles. The molecule has 0 heterocycles. The molecule has 2 aromatic carbocycles. The van der Waals surface area contributed by atoms with Crippen molar-refractivity contribution >= 4 is 0 Å². The first kappa shape index (κ1) is 11.3. The second-order valence-corrected chi connectivity index (χ2v) is 3.94. The highest BCUT2D eigenvalue weighted by atomic mass is 19.1. The van der Waals surface area contributed by atoms with Crippen molar-refractivity contribution in [2.75, 3.05) is 0 Å². The lowest BCUT2D eigenvalue weighted by Gasteiger charge is -2.13. The first-order chi connectivity index (χ1) is 8.24. The van der Waals surface area contributed by atoms with Gasteiger partial charge in [-0.2, -0.15) is 5.26 Å².